The van der Waals surface area contributed by atoms with E-state index in [9.17, 15) is 4.79 Å². The summed E-state index contributed by atoms with van der Waals surface area (Å²) in [4.78, 5) is 25.0. The zero-order valence-corrected chi connectivity index (χ0v) is 11.1. The van der Waals surface area contributed by atoms with Gasteiger partial charge in [0.2, 0.25) is 0 Å². The SMILES string of the molecule is Cc1ccnc2ccc(CC(=O)c3ccccn3)nc12. The van der Waals surface area contributed by atoms with E-state index in [1.165, 1.54) is 0 Å². The fourth-order valence-electron chi connectivity index (χ4n) is 2.08. The van der Waals surface area contributed by atoms with E-state index in [1.54, 1.807) is 24.5 Å². The Balaban J connectivity index is 1.92. The van der Waals surface area contributed by atoms with Crippen LogP contribution in [0.1, 0.15) is 21.7 Å². The molecule has 20 heavy (non-hydrogen) atoms. The van der Waals surface area contributed by atoms with E-state index in [0.29, 0.717) is 5.69 Å². The van der Waals surface area contributed by atoms with Gasteiger partial charge < -0.3 is 0 Å². The molecule has 0 amide bonds. The molecule has 0 bridgehead atoms. The third kappa shape index (κ3) is 2.40. The minimum absolute atomic E-state index is 0.0287. The van der Waals surface area contributed by atoms with Crippen molar-refractivity contribution in [1.29, 1.82) is 0 Å². The average molecular weight is 263 g/mol. The molecule has 0 saturated heterocycles. The topological polar surface area (TPSA) is 55.7 Å². The maximum absolute atomic E-state index is 12.1. The van der Waals surface area contributed by atoms with Crippen LogP contribution in [0.5, 0.6) is 0 Å². The first kappa shape index (κ1) is 12.4. The Morgan fingerprint density at radius 3 is 2.75 bits per heavy atom. The van der Waals surface area contributed by atoms with Crippen LogP contribution in [-0.2, 0) is 6.42 Å². The van der Waals surface area contributed by atoms with Gasteiger partial charge in [0.15, 0.2) is 5.78 Å². The van der Waals surface area contributed by atoms with Crippen LogP contribution in [0, 0.1) is 6.92 Å². The molecule has 0 unspecified atom stereocenters. The van der Waals surface area contributed by atoms with Crippen molar-refractivity contribution in [2.75, 3.05) is 0 Å². The maximum atomic E-state index is 12.1. The minimum atomic E-state index is -0.0287. The average Bonchev–Trinajstić information content (AvgIpc) is 2.49. The van der Waals surface area contributed by atoms with E-state index in [2.05, 4.69) is 15.0 Å². The van der Waals surface area contributed by atoms with Gasteiger partial charge in [-0.15, -0.1) is 0 Å². The lowest BCUT2D eigenvalue weighted by molar-refractivity contribution is 0.0987. The Labute approximate surface area is 116 Å². The number of hydrogen-bond donors (Lipinski definition) is 0. The smallest absolute Gasteiger partial charge is 0.187 e. The highest BCUT2D eigenvalue weighted by Crippen LogP contribution is 2.14. The lowest BCUT2D eigenvalue weighted by Crippen LogP contribution is -2.07. The monoisotopic (exact) mass is 263 g/mol. The molecule has 0 fully saturated rings. The fourth-order valence-corrected chi connectivity index (χ4v) is 2.08. The van der Waals surface area contributed by atoms with Crippen LogP contribution in [0.25, 0.3) is 11.0 Å². The summed E-state index contributed by atoms with van der Waals surface area (Å²) >= 11 is 0. The summed E-state index contributed by atoms with van der Waals surface area (Å²) in [6, 6.07) is 11.0. The molecule has 98 valence electrons. The maximum Gasteiger partial charge on any atom is 0.187 e. The van der Waals surface area contributed by atoms with Crippen molar-refractivity contribution in [1.82, 2.24) is 15.0 Å². The number of carbonyl (C=O) groups is 1. The first-order valence-electron chi connectivity index (χ1n) is 6.39. The Hall–Kier alpha value is -2.62. The highest BCUT2D eigenvalue weighted by Gasteiger charge is 2.10. The number of rotatable bonds is 3. The van der Waals surface area contributed by atoms with E-state index >= 15 is 0 Å². The van der Waals surface area contributed by atoms with Gasteiger partial charge in [-0.1, -0.05) is 6.07 Å². The second kappa shape index (κ2) is 5.17. The highest BCUT2D eigenvalue weighted by atomic mass is 16.1. The molecule has 0 radical (unpaired) electrons. The van der Waals surface area contributed by atoms with Gasteiger partial charge in [0.1, 0.15) is 5.69 Å². The van der Waals surface area contributed by atoms with E-state index in [0.717, 1.165) is 22.3 Å². The summed E-state index contributed by atoms with van der Waals surface area (Å²) in [6.07, 6.45) is 3.63. The summed E-state index contributed by atoms with van der Waals surface area (Å²) < 4.78 is 0. The molecule has 0 atom stereocenters. The first-order valence-corrected chi connectivity index (χ1v) is 6.39. The van der Waals surface area contributed by atoms with Crippen LogP contribution < -0.4 is 0 Å². The number of nitrogens with zero attached hydrogens (tertiary/aromatic N) is 3. The van der Waals surface area contributed by atoms with Crippen molar-refractivity contribution < 1.29 is 4.79 Å². The molecule has 0 saturated carbocycles. The molecule has 0 aliphatic heterocycles. The van der Waals surface area contributed by atoms with Crippen molar-refractivity contribution in [3.05, 3.63) is 65.7 Å². The lowest BCUT2D eigenvalue weighted by Gasteiger charge is -2.04. The Morgan fingerprint density at radius 1 is 1.05 bits per heavy atom. The van der Waals surface area contributed by atoms with Crippen LogP contribution in [0.3, 0.4) is 0 Å². The van der Waals surface area contributed by atoms with Crippen molar-refractivity contribution in [3.8, 4) is 0 Å². The molecule has 4 heteroatoms. The number of pyridine rings is 3. The van der Waals surface area contributed by atoms with Gasteiger partial charge in [0.25, 0.3) is 0 Å². The van der Waals surface area contributed by atoms with Gasteiger partial charge >= 0.3 is 0 Å². The lowest BCUT2D eigenvalue weighted by atomic mass is 10.1. The van der Waals surface area contributed by atoms with Crippen LogP contribution >= 0.6 is 0 Å². The van der Waals surface area contributed by atoms with Crippen LogP contribution in [0.15, 0.2) is 48.8 Å². The molecular weight excluding hydrogens is 250 g/mol. The van der Waals surface area contributed by atoms with Crippen LogP contribution in [0.2, 0.25) is 0 Å². The Bertz CT molecular complexity index is 769. The van der Waals surface area contributed by atoms with Crippen LogP contribution in [0.4, 0.5) is 0 Å². The number of carbonyl (C=O) groups excluding carboxylic acids is 1. The highest BCUT2D eigenvalue weighted by molar-refractivity contribution is 5.95. The summed E-state index contributed by atoms with van der Waals surface area (Å²) in [5.41, 5.74) is 3.96. The second-order valence-electron chi connectivity index (χ2n) is 4.61. The van der Waals surface area contributed by atoms with Crippen LogP contribution in [-0.4, -0.2) is 20.7 Å². The third-order valence-electron chi connectivity index (χ3n) is 3.14. The van der Waals surface area contributed by atoms with Gasteiger partial charge in [-0.2, -0.15) is 0 Å². The van der Waals surface area contributed by atoms with Gasteiger partial charge in [-0.3, -0.25) is 19.7 Å². The number of aromatic nitrogens is 3. The molecular formula is C16H13N3O. The molecule has 0 aliphatic carbocycles. The minimum Gasteiger partial charge on any atom is -0.292 e. The largest absolute Gasteiger partial charge is 0.292 e. The molecule has 0 aromatic carbocycles. The summed E-state index contributed by atoms with van der Waals surface area (Å²) in [5, 5.41) is 0. The van der Waals surface area contributed by atoms with Crippen molar-refractivity contribution in [2.45, 2.75) is 13.3 Å². The van der Waals surface area contributed by atoms with E-state index in [4.69, 9.17) is 0 Å². The molecule has 3 aromatic rings. The molecule has 0 N–H and O–H groups in total. The predicted molar refractivity (Wildman–Crippen MR) is 76.5 cm³/mol. The number of Topliss-reactive ketones (excluding diaryl/α,β-unsaturated/α-hetero) is 1. The second-order valence-corrected chi connectivity index (χ2v) is 4.61. The van der Waals surface area contributed by atoms with Crippen molar-refractivity contribution in [3.63, 3.8) is 0 Å². The zero-order chi connectivity index (χ0) is 13.9. The Morgan fingerprint density at radius 2 is 1.95 bits per heavy atom. The van der Waals surface area contributed by atoms with Gasteiger partial charge in [-0.05, 0) is 42.8 Å². The van der Waals surface area contributed by atoms with Gasteiger partial charge in [0, 0.05) is 18.1 Å². The number of fused-ring (bicyclic) bond motifs is 1. The molecule has 4 nitrogen and oxygen atoms in total. The van der Waals surface area contributed by atoms with Gasteiger partial charge in [-0.25, -0.2) is 0 Å². The molecule has 0 spiro atoms. The fraction of sp³-hybridized carbons (Fsp3) is 0.125. The van der Waals surface area contributed by atoms with Crippen molar-refractivity contribution >= 4 is 16.8 Å². The van der Waals surface area contributed by atoms with Crippen molar-refractivity contribution in [2.24, 2.45) is 0 Å². The number of ketones is 1. The quantitative estimate of drug-likeness (QED) is 0.682. The molecule has 0 aliphatic rings. The zero-order valence-electron chi connectivity index (χ0n) is 11.1. The predicted octanol–water partition coefficient (Wildman–Crippen LogP) is 2.76. The van der Waals surface area contributed by atoms with E-state index in [1.807, 2.05) is 31.2 Å². The molecule has 3 rings (SSSR count). The number of aryl methyl sites for hydroxylation is 1. The summed E-state index contributed by atoms with van der Waals surface area (Å²) in [5.74, 6) is -0.0287. The third-order valence-corrected chi connectivity index (χ3v) is 3.14. The standard InChI is InChI=1S/C16H13N3O/c1-11-7-9-18-14-6-5-12(19-16(11)14)10-15(20)13-4-2-3-8-17-13/h2-9H,10H2,1H3. The Kier molecular flexibility index (Phi) is 3.21. The summed E-state index contributed by atoms with van der Waals surface area (Å²) in [7, 11) is 0. The normalized spacial score (nSPS) is 10.7. The van der Waals surface area contributed by atoms with Gasteiger partial charge in [0.05, 0.1) is 17.5 Å². The van der Waals surface area contributed by atoms with E-state index < -0.39 is 0 Å². The summed E-state index contributed by atoms with van der Waals surface area (Å²) in [6.45, 7) is 1.99. The van der Waals surface area contributed by atoms with E-state index in [-0.39, 0.29) is 12.2 Å². The molecule has 3 heterocycles. The first-order chi connectivity index (χ1) is 9.74. The molecule has 3 aromatic heterocycles. The number of hydrogen-bond acceptors (Lipinski definition) is 4.